The second kappa shape index (κ2) is 19.8. The molecule has 4 amide bonds. The number of carbonyl (C=O) groups is 4. The molecule has 0 saturated carbocycles. The number of amides is 4. The van der Waals surface area contributed by atoms with Crippen LogP contribution in [0, 0.1) is 0 Å². The molecular formula is C48H68N10O6. The molecule has 16 heteroatoms. The van der Waals surface area contributed by atoms with Crippen molar-refractivity contribution in [2.24, 2.45) is 0 Å². The summed E-state index contributed by atoms with van der Waals surface area (Å²) in [7, 11) is 7.75. The number of likely N-dealkylation sites (tertiary alicyclic amines) is 2. The summed E-state index contributed by atoms with van der Waals surface area (Å²) < 4.78 is 0. The second-order valence-corrected chi connectivity index (χ2v) is 19.9. The van der Waals surface area contributed by atoms with Gasteiger partial charge in [0.25, 0.3) is 0 Å². The maximum Gasteiger partial charge on any atom is 0.411 e. The van der Waals surface area contributed by atoms with Crippen molar-refractivity contribution in [3.63, 3.8) is 0 Å². The Morgan fingerprint density at radius 3 is 1.50 bits per heavy atom. The van der Waals surface area contributed by atoms with E-state index in [0.717, 1.165) is 71.0 Å². The fourth-order valence-corrected chi connectivity index (χ4v) is 9.70. The molecule has 2 unspecified atom stereocenters. The van der Waals surface area contributed by atoms with E-state index >= 15 is 0 Å². The first-order valence-electron chi connectivity index (χ1n) is 22.4. The van der Waals surface area contributed by atoms with Gasteiger partial charge in [0.15, 0.2) is 0 Å². The summed E-state index contributed by atoms with van der Waals surface area (Å²) in [5, 5.41) is 22.9. The van der Waals surface area contributed by atoms with Crippen LogP contribution in [0.25, 0.3) is 33.6 Å². The van der Waals surface area contributed by atoms with Crippen LogP contribution in [0.1, 0.15) is 115 Å². The lowest BCUT2D eigenvalue weighted by Crippen LogP contribution is -2.49. The number of nitrogens with zero attached hydrogens (tertiary/aromatic N) is 6. The van der Waals surface area contributed by atoms with Gasteiger partial charge in [-0.25, -0.2) is 19.6 Å². The predicted octanol–water partition coefficient (Wildman–Crippen LogP) is 7.23. The average molecular weight is 881 g/mol. The fraction of sp³-hybridized carbons (Fsp3) is 0.542. The highest BCUT2D eigenvalue weighted by atomic mass is 16.4. The Hall–Kier alpha value is -5.42. The van der Waals surface area contributed by atoms with Crippen molar-refractivity contribution in [1.82, 2.24) is 50.2 Å². The summed E-state index contributed by atoms with van der Waals surface area (Å²) in [6.07, 6.45) is 5.33. The number of imide groups is 2. The van der Waals surface area contributed by atoms with E-state index in [2.05, 4.69) is 108 Å². The van der Waals surface area contributed by atoms with Gasteiger partial charge in [0.2, 0.25) is 11.8 Å². The van der Waals surface area contributed by atoms with E-state index < -0.39 is 36.1 Å². The number of hydrogen-bond donors (Lipinski definition) is 6. The first-order valence-corrected chi connectivity index (χ1v) is 22.4. The molecule has 346 valence electrons. The molecule has 0 spiro atoms. The summed E-state index contributed by atoms with van der Waals surface area (Å²) in [5.74, 6) is 0.487. The molecule has 2 fully saturated rings. The monoisotopic (exact) mass is 881 g/mol. The molecule has 64 heavy (non-hydrogen) atoms. The van der Waals surface area contributed by atoms with Gasteiger partial charge in [-0.3, -0.25) is 30.0 Å². The number of carboxylic acid groups (broad SMARTS) is 2. The zero-order valence-corrected chi connectivity index (χ0v) is 39.2. The molecule has 2 aromatic carbocycles. The molecule has 6 N–H and O–H groups in total. The standard InChI is InChI=1S/C48H68N10O6/c1-47(2,3)39-31(29-15-17-30(18-16-29)33-27-49-41(51-33)35-13-11-23-57(35)37(21-25-55(7)8)43(59)53-45(61)62)19-20-32(40(39)48(4,5)6)34-28-50-42(52-34)36-14-12-24-58(36)38(22-26-56(9)10)44(60)54-46(63)64/h15-20,27-28,35-38H,11-14,21-26H2,1-10H3,(H,49,51)(H,50,52)(H,53,59)(H,54,60)(H,61,62)(H,63,64)/t35?,36?,37-,38-/m0/s1. The minimum Gasteiger partial charge on any atom is -0.465 e. The van der Waals surface area contributed by atoms with E-state index in [0.29, 0.717) is 39.0 Å². The Labute approximate surface area is 377 Å². The number of benzene rings is 2. The van der Waals surface area contributed by atoms with Crippen molar-refractivity contribution in [2.75, 3.05) is 54.4 Å². The molecular weight excluding hydrogens is 813 g/mol. The van der Waals surface area contributed by atoms with Gasteiger partial charge in [0.05, 0.1) is 47.9 Å². The summed E-state index contributed by atoms with van der Waals surface area (Å²) in [6.45, 7) is 16.1. The third kappa shape index (κ3) is 11.1. The number of carbonyl (C=O) groups excluding carboxylic acids is 2. The summed E-state index contributed by atoms with van der Waals surface area (Å²) >= 11 is 0. The second-order valence-electron chi connectivity index (χ2n) is 19.9. The molecule has 2 saturated heterocycles. The van der Waals surface area contributed by atoms with Gasteiger partial charge >= 0.3 is 12.2 Å². The van der Waals surface area contributed by atoms with E-state index in [1.54, 1.807) is 0 Å². The van der Waals surface area contributed by atoms with Crippen LogP contribution < -0.4 is 10.6 Å². The van der Waals surface area contributed by atoms with E-state index in [1.165, 1.54) is 11.1 Å². The lowest BCUT2D eigenvalue weighted by atomic mass is 9.70. The molecule has 2 aliphatic heterocycles. The maximum atomic E-state index is 13.2. The fourth-order valence-electron chi connectivity index (χ4n) is 9.70. The number of aromatic amines is 2. The molecule has 4 heterocycles. The minimum absolute atomic E-state index is 0.151. The zero-order chi connectivity index (χ0) is 46.7. The van der Waals surface area contributed by atoms with Crippen molar-refractivity contribution in [3.8, 4) is 33.6 Å². The van der Waals surface area contributed by atoms with Crippen LogP contribution in [-0.2, 0) is 20.4 Å². The normalized spacial score (nSPS) is 18.4. The Bertz CT molecular complexity index is 2290. The van der Waals surface area contributed by atoms with Gasteiger partial charge in [0, 0.05) is 5.56 Å². The molecule has 0 aliphatic carbocycles. The Kier molecular flexibility index (Phi) is 14.8. The lowest BCUT2D eigenvalue weighted by Gasteiger charge is -2.34. The molecule has 6 rings (SSSR count). The number of rotatable bonds is 15. The van der Waals surface area contributed by atoms with Crippen LogP contribution in [0.5, 0.6) is 0 Å². The number of H-pyrrole nitrogens is 2. The Morgan fingerprint density at radius 1 is 0.656 bits per heavy atom. The highest BCUT2D eigenvalue weighted by Gasteiger charge is 2.40. The summed E-state index contributed by atoms with van der Waals surface area (Å²) in [5.41, 5.74) is 7.94. The van der Waals surface area contributed by atoms with Crippen molar-refractivity contribution < 1.29 is 29.4 Å². The highest BCUT2D eigenvalue weighted by Crippen LogP contribution is 2.46. The van der Waals surface area contributed by atoms with Crippen LogP contribution in [0.15, 0.2) is 48.8 Å². The minimum atomic E-state index is -1.35. The molecule has 2 aromatic heterocycles. The molecule has 2 aliphatic rings. The lowest BCUT2D eigenvalue weighted by molar-refractivity contribution is -0.127. The van der Waals surface area contributed by atoms with Crippen LogP contribution in [0.3, 0.4) is 0 Å². The molecule has 0 radical (unpaired) electrons. The van der Waals surface area contributed by atoms with Gasteiger partial charge in [-0.1, -0.05) is 77.9 Å². The van der Waals surface area contributed by atoms with Gasteiger partial charge in [-0.05, 0) is 132 Å². The van der Waals surface area contributed by atoms with Crippen LogP contribution >= 0.6 is 0 Å². The molecule has 4 atom stereocenters. The van der Waals surface area contributed by atoms with E-state index in [9.17, 15) is 29.4 Å². The first kappa shape index (κ1) is 48.0. The third-order valence-corrected chi connectivity index (χ3v) is 12.5. The van der Waals surface area contributed by atoms with Crippen molar-refractivity contribution in [3.05, 3.63) is 71.6 Å². The first-order chi connectivity index (χ1) is 30.1. The number of nitrogens with one attached hydrogen (secondary N) is 4. The van der Waals surface area contributed by atoms with Gasteiger partial charge in [-0.2, -0.15) is 0 Å². The number of hydrogen-bond acceptors (Lipinski definition) is 10. The predicted molar refractivity (Wildman–Crippen MR) is 248 cm³/mol. The van der Waals surface area contributed by atoms with Crippen LogP contribution in [-0.4, -0.2) is 140 Å². The van der Waals surface area contributed by atoms with Gasteiger partial charge in [0.1, 0.15) is 11.6 Å². The quantitative estimate of drug-likeness (QED) is 0.0701. The SMILES string of the molecule is CN(C)CC[C@@H](C(=O)NC(=O)O)N1CCCC1c1ncc(-c2ccc(-c3ccc(-c4cnc(C5CCCN5[C@@H](CCN(C)C)C(=O)NC(=O)O)[nH]4)c(C(C)(C)C)c3C(C)(C)C)cc2)[nH]1. The molecule has 16 nitrogen and oxygen atoms in total. The Morgan fingerprint density at radius 2 is 1.06 bits per heavy atom. The van der Waals surface area contributed by atoms with Gasteiger partial charge in [-0.15, -0.1) is 0 Å². The third-order valence-electron chi connectivity index (χ3n) is 12.5. The largest absolute Gasteiger partial charge is 0.465 e. The topological polar surface area (TPSA) is 203 Å². The van der Waals surface area contributed by atoms with Crippen molar-refractivity contribution in [2.45, 2.75) is 115 Å². The number of aromatic nitrogens is 4. The zero-order valence-electron chi connectivity index (χ0n) is 39.2. The van der Waals surface area contributed by atoms with Crippen molar-refractivity contribution in [1.29, 1.82) is 0 Å². The van der Waals surface area contributed by atoms with Crippen LogP contribution in [0.2, 0.25) is 0 Å². The van der Waals surface area contributed by atoms with E-state index in [4.69, 9.17) is 9.97 Å². The van der Waals surface area contributed by atoms with Crippen molar-refractivity contribution >= 4 is 24.0 Å². The van der Waals surface area contributed by atoms with E-state index in [-0.39, 0.29) is 22.9 Å². The summed E-state index contributed by atoms with van der Waals surface area (Å²) in [6, 6.07) is 11.3. The Balaban J connectivity index is 1.30. The van der Waals surface area contributed by atoms with E-state index in [1.807, 2.05) is 50.4 Å². The smallest absolute Gasteiger partial charge is 0.411 e. The molecule has 0 bridgehead atoms. The van der Waals surface area contributed by atoms with Gasteiger partial charge < -0.3 is 30.0 Å². The molecule has 4 aromatic rings. The maximum absolute atomic E-state index is 13.2. The highest BCUT2D eigenvalue weighted by molar-refractivity contribution is 5.94. The number of imidazole rings is 2. The summed E-state index contributed by atoms with van der Waals surface area (Å²) in [4.78, 5) is 74.3. The average Bonchev–Trinajstić information content (AvgIpc) is 4.04. The van der Waals surface area contributed by atoms with Crippen LogP contribution in [0.4, 0.5) is 9.59 Å².